The maximum absolute atomic E-state index is 11.7. The van der Waals surface area contributed by atoms with Crippen molar-refractivity contribution in [2.75, 3.05) is 18.6 Å². The number of esters is 1. The average Bonchev–Trinajstić information content (AvgIpc) is 3.14. The second kappa shape index (κ2) is 5.54. The van der Waals surface area contributed by atoms with Gasteiger partial charge in [0.2, 0.25) is 0 Å². The number of hydrogen-bond donors (Lipinski definition) is 1. The molecule has 1 aromatic carbocycles. The number of fused-ring (bicyclic) bond motifs is 3. The second-order valence-corrected chi connectivity index (χ2v) is 6.74. The Labute approximate surface area is 141 Å². The number of para-hydroxylation sites is 1. The molecule has 0 saturated carbocycles. The van der Waals surface area contributed by atoms with Gasteiger partial charge in [0, 0.05) is 41.7 Å². The summed E-state index contributed by atoms with van der Waals surface area (Å²) < 4.78 is 4.74. The first-order valence-corrected chi connectivity index (χ1v) is 8.45. The zero-order chi connectivity index (χ0) is 16.0. The van der Waals surface area contributed by atoms with E-state index in [1.165, 1.54) is 35.1 Å². The van der Waals surface area contributed by atoms with Crippen molar-refractivity contribution in [2.24, 2.45) is 0 Å². The number of thiazole rings is 1. The van der Waals surface area contributed by atoms with Crippen LogP contribution in [0.4, 0.5) is 5.13 Å². The Bertz CT molecular complexity index is 902. The van der Waals surface area contributed by atoms with Gasteiger partial charge in [-0.25, -0.2) is 9.78 Å². The van der Waals surface area contributed by atoms with E-state index in [0.717, 1.165) is 30.2 Å². The number of aromatic amines is 1. The Morgan fingerprint density at radius 2 is 2.26 bits per heavy atom. The topological polar surface area (TPSA) is 58.2 Å². The number of ether oxygens (including phenoxy) is 1. The van der Waals surface area contributed by atoms with Crippen molar-refractivity contribution >= 4 is 44.9 Å². The van der Waals surface area contributed by atoms with Crippen LogP contribution in [0.25, 0.3) is 10.9 Å². The number of aromatic nitrogens is 2. The number of benzene rings is 1. The molecule has 1 aliphatic heterocycles. The van der Waals surface area contributed by atoms with Gasteiger partial charge in [0.1, 0.15) is 0 Å². The van der Waals surface area contributed by atoms with Gasteiger partial charge < -0.3 is 14.6 Å². The molecular weight excluding hydrogens is 334 g/mol. The van der Waals surface area contributed by atoms with Crippen LogP contribution in [0, 0.1) is 0 Å². The third-order valence-electron chi connectivity index (χ3n) is 4.10. The van der Waals surface area contributed by atoms with Gasteiger partial charge >= 0.3 is 5.97 Å². The van der Waals surface area contributed by atoms with Crippen LogP contribution < -0.4 is 4.90 Å². The zero-order valence-corrected chi connectivity index (χ0v) is 14.0. The fourth-order valence-corrected chi connectivity index (χ4v) is 4.20. The number of carbonyl (C=O) groups is 1. The van der Waals surface area contributed by atoms with Crippen molar-refractivity contribution in [1.29, 1.82) is 0 Å². The Kier molecular flexibility index (Phi) is 3.50. The lowest BCUT2D eigenvalue weighted by Crippen LogP contribution is -2.29. The van der Waals surface area contributed by atoms with E-state index in [9.17, 15) is 4.79 Å². The maximum Gasteiger partial charge on any atom is 0.351 e. The van der Waals surface area contributed by atoms with E-state index in [1.54, 1.807) is 0 Å². The molecule has 0 bridgehead atoms. The number of methoxy groups -OCH3 is 1. The first-order valence-electron chi connectivity index (χ1n) is 7.25. The Hall–Kier alpha value is -2.05. The standard InChI is InChI=1S/C16H14ClN3O2S/c1-22-15(21)13-14(17)19-16(23-13)20-7-6-12-10(8-20)9-4-2-3-5-11(9)18-12/h2-5,18H,6-8H2,1H3. The molecular formula is C16H14ClN3O2S. The van der Waals surface area contributed by atoms with Crippen LogP contribution in [0.3, 0.4) is 0 Å². The number of H-pyrrole nitrogens is 1. The minimum absolute atomic E-state index is 0.210. The summed E-state index contributed by atoms with van der Waals surface area (Å²) >= 11 is 7.36. The third kappa shape index (κ3) is 2.38. The summed E-state index contributed by atoms with van der Waals surface area (Å²) in [6.45, 7) is 1.59. The largest absolute Gasteiger partial charge is 0.465 e. The smallest absolute Gasteiger partial charge is 0.351 e. The maximum atomic E-state index is 11.7. The summed E-state index contributed by atoms with van der Waals surface area (Å²) in [5.41, 5.74) is 3.72. The predicted octanol–water partition coefficient (Wildman–Crippen LogP) is 3.63. The molecule has 0 atom stereocenters. The molecule has 23 heavy (non-hydrogen) atoms. The molecule has 0 unspecified atom stereocenters. The van der Waals surface area contributed by atoms with Gasteiger partial charge in [-0.3, -0.25) is 0 Å². The average molecular weight is 348 g/mol. The lowest BCUT2D eigenvalue weighted by molar-refractivity contribution is 0.0606. The summed E-state index contributed by atoms with van der Waals surface area (Å²) in [4.78, 5) is 22.0. The number of hydrogen-bond acceptors (Lipinski definition) is 5. The number of nitrogens with one attached hydrogen (secondary N) is 1. The van der Waals surface area contributed by atoms with E-state index in [2.05, 4.69) is 27.0 Å². The van der Waals surface area contributed by atoms with Crippen LogP contribution in [0.1, 0.15) is 20.9 Å². The molecule has 7 heteroatoms. The second-order valence-electron chi connectivity index (χ2n) is 5.41. The monoisotopic (exact) mass is 347 g/mol. The van der Waals surface area contributed by atoms with Gasteiger partial charge in [0.15, 0.2) is 15.2 Å². The quantitative estimate of drug-likeness (QED) is 0.719. The highest BCUT2D eigenvalue weighted by molar-refractivity contribution is 7.18. The molecule has 0 saturated heterocycles. The number of rotatable bonds is 2. The summed E-state index contributed by atoms with van der Waals surface area (Å²) in [6.07, 6.45) is 0.911. The molecule has 4 rings (SSSR count). The third-order valence-corrected chi connectivity index (χ3v) is 5.58. The zero-order valence-electron chi connectivity index (χ0n) is 12.4. The van der Waals surface area contributed by atoms with Gasteiger partial charge in [-0.05, 0) is 6.07 Å². The lowest BCUT2D eigenvalue weighted by Gasteiger charge is -2.26. The van der Waals surface area contributed by atoms with Crippen LogP contribution >= 0.6 is 22.9 Å². The van der Waals surface area contributed by atoms with Gasteiger partial charge in [-0.1, -0.05) is 41.1 Å². The van der Waals surface area contributed by atoms with E-state index in [1.807, 2.05) is 12.1 Å². The van der Waals surface area contributed by atoms with Crippen molar-refractivity contribution in [1.82, 2.24) is 9.97 Å². The highest BCUT2D eigenvalue weighted by Crippen LogP contribution is 2.35. The number of anilines is 1. The highest BCUT2D eigenvalue weighted by atomic mass is 35.5. The molecule has 2 aromatic heterocycles. The van der Waals surface area contributed by atoms with E-state index >= 15 is 0 Å². The van der Waals surface area contributed by atoms with Crippen LogP contribution in [-0.2, 0) is 17.7 Å². The minimum atomic E-state index is -0.441. The fraction of sp³-hybridized carbons (Fsp3) is 0.250. The first kappa shape index (κ1) is 14.5. The van der Waals surface area contributed by atoms with Crippen molar-refractivity contribution in [3.63, 3.8) is 0 Å². The van der Waals surface area contributed by atoms with Crippen LogP contribution in [0.15, 0.2) is 24.3 Å². The fourth-order valence-electron chi connectivity index (χ4n) is 2.97. The van der Waals surface area contributed by atoms with Crippen molar-refractivity contribution in [3.8, 4) is 0 Å². The van der Waals surface area contributed by atoms with Gasteiger partial charge in [-0.15, -0.1) is 0 Å². The molecule has 0 radical (unpaired) electrons. The molecule has 0 spiro atoms. The molecule has 1 aliphatic rings. The molecule has 3 aromatic rings. The van der Waals surface area contributed by atoms with Gasteiger partial charge in [-0.2, -0.15) is 0 Å². The Morgan fingerprint density at radius 1 is 1.43 bits per heavy atom. The van der Waals surface area contributed by atoms with Crippen LogP contribution in [0.2, 0.25) is 5.15 Å². The molecule has 118 valence electrons. The number of halogens is 1. The van der Waals surface area contributed by atoms with Gasteiger partial charge in [0.25, 0.3) is 0 Å². The van der Waals surface area contributed by atoms with Crippen LogP contribution in [-0.4, -0.2) is 29.6 Å². The SMILES string of the molecule is COC(=O)c1sc(N2CCc3[nH]c4ccccc4c3C2)nc1Cl. The van der Waals surface area contributed by atoms with Crippen molar-refractivity contribution in [3.05, 3.63) is 45.6 Å². The van der Waals surface area contributed by atoms with Crippen molar-refractivity contribution in [2.45, 2.75) is 13.0 Å². The van der Waals surface area contributed by atoms with E-state index < -0.39 is 5.97 Å². The minimum Gasteiger partial charge on any atom is -0.465 e. The summed E-state index contributed by atoms with van der Waals surface area (Å²) in [7, 11) is 1.34. The van der Waals surface area contributed by atoms with E-state index in [0.29, 0.717) is 4.88 Å². The normalized spacial score (nSPS) is 14.1. The molecule has 0 aliphatic carbocycles. The Balaban J connectivity index is 1.69. The van der Waals surface area contributed by atoms with Crippen molar-refractivity contribution < 1.29 is 9.53 Å². The van der Waals surface area contributed by atoms with E-state index in [4.69, 9.17) is 16.3 Å². The summed E-state index contributed by atoms with van der Waals surface area (Å²) in [5.74, 6) is -0.441. The predicted molar refractivity (Wildman–Crippen MR) is 91.5 cm³/mol. The lowest BCUT2D eigenvalue weighted by atomic mass is 10.1. The van der Waals surface area contributed by atoms with Crippen LogP contribution in [0.5, 0.6) is 0 Å². The molecule has 5 nitrogen and oxygen atoms in total. The summed E-state index contributed by atoms with van der Waals surface area (Å²) in [6, 6.07) is 8.30. The summed E-state index contributed by atoms with van der Waals surface area (Å²) in [5, 5.41) is 2.20. The van der Waals surface area contributed by atoms with Gasteiger partial charge in [0.05, 0.1) is 7.11 Å². The first-order chi connectivity index (χ1) is 11.2. The number of carbonyl (C=O) groups excluding carboxylic acids is 1. The number of nitrogens with zero attached hydrogens (tertiary/aromatic N) is 2. The molecule has 1 N–H and O–H groups in total. The van der Waals surface area contributed by atoms with E-state index in [-0.39, 0.29) is 5.15 Å². The highest BCUT2D eigenvalue weighted by Gasteiger charge is 2.25. The molecule has 3 heterocycles. The molecule has 0 fully saturated rings. The molecule has 0 amide bonds. The Morgan fingerprint density at radius 3 is 3.09 bits per heavy atom.